The Bertz CT molecular complexity index is 1020. The van der Waals surface area contributed by atoms with Gasteiger partial charge in [-0.2, -0.15) is 18.4 Å². The van der Waals surface area contributed by atoms with Gasteiger partial charge < -0.3 is 21.1 Å². The molecule has 0 spiro atoms. The molecule has 1 aliphatic heterocycles. The highest BCUT2D eigenvalue weighted by atomic mass is 32.2. The standard InChI is InChI=1S/C23H32F3N7O3S/c1-5-33-20(9-15(10-27)21(35)29-13-23(24,25)26)37-16(22(33)36)11-28-17-7-6-8-18(30-17)31-19(34)12-32(4)14(2)3/h6-8,11,14-15,20,22,36H,5,9,12-13H2,1-4H3,(H,29,35)(H2,28,30,31,34)/b16-11+. The molecule has 0 radical (unpaired) electrons. The minimum atomic E-state index is -4.58. The van der Waals surface area contributed by atoms with Crippen LogP contribution < -0.4 is 16.0 Å². The van der Waals surface area contributed by atoms with Gasteiger partial charge in [-0.15, -0.1) is 11.8 Å². The van der Waals surface area contributed by atoms with Crippen molar-refractivity contribution in [3.8, 4) is 6.07 Å². The molecule has 2 amide bonds. The van der Waals surface area contributed by atoms with Crippen LogP contribution in [0, 0.1) is 17.2 Å². The molecule has 0 aliphatic carbocycles. The van der Waals surface area contributed by atoms with Crippen LogP contribution in [-0.4, -0.2) is 82.2 Å². The zero-order valence-corrected chi connectivity index (χ0v) is 21.9. The molecule has 10 nitrogen and oxygen atoms in total. The van der Waals surface area contributed by atoms with Crippen LogP contribution in [0.15, 0.2) is 29.3 Å². The molecule has 1 aliphatic rings. The van der Waals surface area contributed by atoms with Crippen molar-refractivity contribution in [3.63, 3.8) is 0 Å². The number of halogens is 3. The quantitative estimate of drug-likeness (QED) is 0.332. The van der Waals surface area contributed by atoms with Gasteiger partial charge in [0.05, 0.1) is 18.0 Å². The lowest BCUT2D eigenvalue weighted by Crippen LogP contribution is -2.41. The van der Waals surface area contributed by atoms with E-state index in [0.29, 0.717) is 23.1 Å². The Morgan fingerprint density at radius 3 is 2.62 bits per heavy atom. The number of rotatable bonds is 11. The van der Waals surface area contributed by atoms with Gasteiger partial charge in [0.1, 0.15) is 30.3 Å². The number of thioether (sulfide) groups is 1. The summed E-state index contributed by atoms with van der Waals surface area (Å²) < 4.78 is 37.2. The Labute approximate surface area is 218 Å². The summed E-state index contributed by atoms with van der Waals surface area (Å²) in [7, 11) is 1.84. The molecule has 37 heavy (non-hydrogen) atoms. The van der Waals surface area contributed by atoms with Gasteiger partial charge in [-0.25, -0.2) is 4.98 Å². The molecular weight excluding hydrogens is 511 g/mol. The monoisotopic (exact) mass is 543 g/mol. The van der Waals surface area contributed by atoms with Crippen LogP contribution in [0.1, 0.15) is 27.2 Å². The summed E-state index contributed by atoms with van der Waals surface area (Å²) in [5.74, 6) is -1.79. The van der Waals surface area contributed by atoms with Crippen molar-refractivity contribution in [1.82, 2.24) is 20.1 Å². The summed E-state index contributed by atoms with van der Waals surface area (Å²) in [6.07, 6.45) is -4.16. The number of nitrogens with zero attached hydrogens (tertiary/aromatic N) is 4. The second-order valence-electron chi connectivity index (χ2n) is 8.68. The van der Waals surface area contributed by atoms with E-state index < -0.39 is 36.1 Å². The van der Waals surface area contributed by atoms with E-state index in [9.17, 15) is 33.1 Å². The fourth-order valence-electron chi connectivity index (χ4n) is 3.33. The number of amides is 2. The Morgan fingerprint density at radius 2 is 2.03 bits per heavy atom. The summed E-state index contributed by atoms with van der Waals surface area (Å²) in [6, 6.07) is 6.98. The number of likely N-dealkylation sites (N-methyl/N-ethyl adjacent to an activating group) is 2. The summed E-state index contributed by atoms with van der Waals surface area (Å²) >= 11 is 1.20. The number of aliphatic hydroxyl groups is 1. The van der Waals surface area contributed by atoms with E-state index >= 15 is 0 Å². The molecule has 0 bridgehead atoms. The molecule has 1 aromatic heterocycles. The summed E-state index contributed by atoms with van der Waals surface area (Å²) in [5, 5.41) is 27.0. The zero-order chi connectivity index (χ0) is 27.8. The van der Waals surface area contributed by atoms with Crippen molar-refractivity contribution < 1.29 is 27.9 Å². The first kappa shape index (κ1) is 30.4. The number of anilines is 2. The molecule has 2 heterocycles. The van der Waals surface area contributed by atoms with Crippen molar-refractivity contribution in [2.45, 2.75) is 51.0 Å². The van der Waals surface area contributed by atoms with E-state index in [-0.39, 0.29) is 24.9 Å². The van der Waals surface area contributed by atoms with Crippen LogP contribution in [0.4, 0.5) is 24.8 Å². The number of hydrogen-bond donors (Lipinski definition) is 4. The summed E-state index contributed by atoms with van der Waals surface area (Å²) in [5.41, 5.74) is 0. The summed E-state index contributed by atoms with van der Waals surface area (Å²) in [4.78, 5) is 32.6. The van der Waals surface area contributed by atoms with Crippen LogP contribution in [-0.2, 0) is 9.59 Å². The first-order valence-corrected chi connectivity index (χ1v) is 12.5. The predicted octanol–water partition coefficient (Wildman–Crippen LogP) is 2.54. The van der Waals surface area contributed by atoms with Crippen molar-refractivity contribution in [2.24, 2.45) is 5.92 Å². The average molecular weight is 544 g/mol. The number of nitriles is 1. The van der Waals surface area contributed by atoms with Gasteiger partial charge in [-0.05, 0) is 46.0 Å². The van der Waals surface area contributed by atoms with Gasteiger partial charge in [-0.3, -0.25) is 19.4 Å². The van der Waals surface area contributed by atoms with Crippen LogP contribution in [0.3, 0.4) is 0 Å². The predicted molar refractivity (Wildman–Crippen MR) is 135 cm³/mol. The number of carbonyl (C=O) groups excluding carboxylic acids is 2. The van der Waals surface area contributed by atoms with Gasteiger partial charge in [0.15, 0.2) is 0 Å². The van der Waals surface area contributed by atoms with Crippen molar-refractivity contribution in [2.75, 3.05) is 37.3 Å². The largest absolute Gasteiger partial charge is 0.405 e. The number of alkyl halides is 3. The minimum absolute atomic E-state index is 0.0717. The third kappa shape index (κ3) is 9.51. The Morgan fingerprint density at radius 1 is 1.35 bits per heavy atom. The van der Waals surface area contributed by atoms with Crippen molar-refractivity contribution in [3.05, 3.63) is 29.3 Å². The molecule has 14 heteroatoms. The fraction of sp³-hybridized carbons (Fsp3) is 0.565. The number of pyridine rings is 1. The van der Waals surface area contributed by atoms with E-state index in [1.165, 1.54) is 18.0 Å². The van der Waals surface area contributed by atoms with E-state index in [0.717, 1.165) is 0 Å². The zero-order valence-electron chi connectivity index (χ0n) is 21.0. The Balaban J connectivity index is 2.03. The Kier molecular flexibility index (Phi) is 11.2. The lowest BCUT2D eigenvalue weighted by molar-refractivity contribution is -0.140. The first-order chi connectivity index (χ1) is 17.3. The van der Waals surface area contributed by atoms with E-state index in [1.807, 2.05) is 25.8 Å². The SMILES string of the molecule is CCN1C(CC(C#N)C(=O)NCC(F)(F)F)S/C(=C/Nc2cccc(NC(=O)CN(C)C(C)C)n2)C1O. The van der Waals surface area contributed by atoms with Crippen LogP contribution in [0.5, 0.6) is 0 Å². The molecule has 1 saturated heterocycles. The molecule has 204 valence electrons. The normalized spacial score (nSPS) is 20.2. The van der Waals surface area contributed by atoms with Crippen LogP contribution >= 0.6 is 11.8 Å². The number of aromatic nitrogens is 1. The number of carbonyl (C=O) groups is 2. The maximum atomic E-state index is 12.4. The first-order valence-electron chi connectivity index (χ1n) is 11.6. The topological polar surface area (TPSA) is 134 Å². The lowest BCUT2D eigenvalue weighted by Gasteiger charge is -2.25. The molecule has 2 rings (SSSR count). The molecular formula is C23H32F3N7O3S. The van der Waals surface area contributed by atoms with E-state index in [1.54, 1.807) is 41.4 Å². The van der Waals surface area contributed by atoms with Crippen LogP contribution in [0.25, 0.3) is 0 Å². The van der Waals surface area contributed by atoms with Gasteiger partial charge in [0, 0.05) is 17.1 Å². The van der Waals surface area contributed by atoms with Crippen molar-refractivity contribution >= 4 is 35.2 Å². The molecule has 3 atom stereocenters. The maximum absolute atomic E-state index is 12.4. The molecule has 1 aromatic rings. The van der Waals surface area contributed by atoms with Crippen LogP contribution in [0.2, 0.25) is 0 Å². The second kappa shape index (κ2) is 13.6. The smallest absolute Gasteiger partial charge is 0.373 e. The highest BCUT2D eigenvalue weighted by Crippen LogP contribution is 2.40. The number of aliphatic hydroxyl groups excluding tert-OH is 1. The van der Waals surface area contributed by atoms with E-state index in [4.69, 9.17) is 0 Å². The molecule has 3 unspecified atom stereocenters. The summed E-state index contributed by atoms with van der Waals surface area (Å²) in [6.45, 7) is 4.80. The minimum Gasteiger partial charge on any atom is -0.373 e. The third-order valence-electron chi connectivity index (χ3n) is 5.60. The van der Waals surface area contributed by atoms with E-state index in [2.05, 4.69) is 15.6 Å². The maximum Gasteiger partial charge on any atom is 0.405 e. The van der Waals surface area contributed by atoms with Gasteiger partial charge in [0.25, 0.3) is 0 Å². The number of hydrogen-bond acceptors (Lipinski definition) is 9. The van der Waals surface area contributed by atoms with Crippen molar-refractivity contribution in [1.29, 1.82) is 5.26 Å². The van der Waals surface area contributed by atoms with Gasteiger partial charge >= 0.3 is 6.18 Å². The highest BCUT2D eigenvalue weighted by Gasteiger charge is 2.39. The molecule has 0 aromatic carbocycles. The van der Waals surface area contributed by atoms with Gasteiger partial charge in [-0.1, -0.05) is 13.0 Å². The third-order valence-corrected chi connectivity index (χ3v) is 6.94. The Hall–Kier alpha value is -2.86. The highest BCUT2D eigenvalue weighted by molar-refractivity contribution is 8.03. The lowest BCUT2D eigenvalue weighted by atomic mass is 10.1. The fourth-order valence-corrected chi connectivity index (χ4v) is 4.71. The molecule has 4 N–H and O–H groups in total. The molecule has 0 saturated carbocycles. The number of nitrogens with one attached hydrogen (secondary N) is 3. The second-order valence-corrected chi connectivity index (χ2v) is 9.93. The molecule has 1 fully saturated rings. The van der Waals surface area contributed by atoms with Gasteiger partial charge in [0.2, 0.25) is 11.8 Å². The average Bonchev–Trinajstić information content (AvgIpc) is 3.13.